The van der Waals surface area contributed by atoms with Crippen molar-refractivity contribution in [2.24, 2.45) is 0 Å². The normalized spacial score (nSPS) is 12.5. The third-order valence-electron chi connectivity index (χ3n) is 4.85. The number of fused-ring (bicyclic) bond motifs is 3. The zero-order valence-electron chi connectivity index (χ0n) is 14.6. The smallest absolute Gasteiger partial charge is 0.353 e. The second kappa shape index (κ2) is 7.04. The summed E-state index contributed by atoms with van der Waals surface area (Å²) in [5, 5.41) is 10.8. The van der Waals surface area contributed by atoms with Gasteiger partial charge in [0.15, 0.2) is 0 Å². The lowest BCUT2D eigenvalue weighted by Gasteiger charge is -2.20. The van der Waals surface area contributed by atoms with Gasteiger partial charge in [0.1, 0.15) is 16.4 Å². The van der Waals surface area contributed by atoms with Crippen LogP contribution in [0, 0.1) is 0 Å². The highest BCUT2D eigenvalue weighted by Crippen LogP contribution is 2.41. The second-order valence-electron chi connectivity index (χ2n) is 6.49. The molecule has 132 valence electrons. The van der Waals surface area contributed by atoms with Crippen molar-refractivity contribution in [1.82, 2.24) is 0 Å². The van der Waals surface area contributed by atoms with Crippen molar-refractivity contribution in [2.75, 3.05) is 0 Å². The molecular weight excluding hydrogens is 344 g/mol. The van der Waals surface area contributed by atoms with Gasteiger partial charge < -0.3 is 9.52 Å². The van der Waals surface area contributed by atoms with Gasteiger partial charge in [-0.25, -0.2) is 4.79 Å². The average Bonchev–Trinajstić information content (AvgIpc) is 2.68. The molecule has 0 atom stereocenters. The van der Waals surface area contributed by atoms with E-state index in [2.05, 4.69) is 25.1 Å². The van der Waals surface area contributed by atoms with Gasteiger partial charge in [-0.2, -0.15) is 0 Å². The molecular formula is C22H20O3S. The van der Waals surface area contributed by atoms with Crippen molar-refractivity contribution in [3.63, 3.8) is 0 Å². The lowest BCUT2D eigenvalue weighted by atomic mass is 9.88. The van der Waals surface area contributed by atoms with Crippen LogP contribution in [0.25, 0.3) is 11.3 Å². The molecule has 0 bridgehead atoms. The van der Waals surface area contributed by atoms with E-state index in [4.69, 9.17) is 4.42 Å². The summed E-state index contributed by atoms with van der Waals surface area (Å²) in [4.78, 5) is 12.9. The molecule has 0 saturated heterocycles. The molecule has 3 nitrogen and oxygen atoms in total. The number of hydrogen-bond acceptors (Lipinski definition) is 4. The molecule has 4 rings (SSSR count). The molecule has 0 amide bonds. The molecule has 1 heterocycles. The highest BCUT2D eigenvalue weighted by atomic mass is 32.2. The Hall–Kier alpha value is -2.46. The molecule has 2 aromatic carbocycles. The number of thioether (sulfide) groups is 1. The fourth-order valence-electron chi connectivity index (χ4n) is 3.38. The minimum Gasteiger partial charge on any atom is -0.506 e. The van der Waals surface area contributed by atoms with Gasteiger partial charge >= 0.3 is 5.63 Å². The number of aryl methyl sites for hydroxylation is 2. The van der Waals surface area contributed by atoms with E-state index < -0.39 is 5.63 Å². The lowest BCUT2D eigenvalue weighted by Crippen LogP contribution is -2.12. The molecule has 0 unspecified atom stereocenters. The Labute approximate surface area is 156 Å². The van der Waals surface area contributed by atoms with E-state index in [1.54, 1.807) is 0 Å². The summed E-state index contributed by atoms with van der Waals surface area (Å²) < 4.78 is 5.69. The average molecular weight is 364 g/mol. The maximum atomic E-state index is 12.6. The Morgan fingerprint density at radius 3 is 2.65 bits per heavy atom. The third kappa shape index (κ3) is 3.06. The summed E-state index contributed by atoms with van der Waals surface area (Å²) >= 11 is 1.33. The zero-order valence-corrected chi connectivity index (χ0v) is 15.4. The molecule has 0 fully saturated rings. The Morgan fingerprint density at radius 1 is 1.08 bits per heavy atom. The first-order valence-electron chi connectivity index (χ1n) is 8.85. The SMILES string of the molecule is CCc1ccc2c(c1)-c1oc(=O)c(SCc3ccccc3)c(O)c1CC2. The Kier molecular flexibility index (Phi) is 4.60. The van der Waals surface area contributed by atoms with Crippen molar-refractivity contribution in [1.29, 1.82) is 0 Å². The topological polar surface area (TPSA) is 50.4 Å². The van der Waals surface area contributed by atoms with Crippen LogP contribution in [0.2, 0.25) is 0 Å². The monoisotopic (exact) mass is 364 g/mol. The first-order valence-corrected chi connectivity index (χ1v) is 9.83. The molecule has 3 aromatic rings. The van der Waals surface area contributed by atoms with E-state index in [1.165, 1.54) is 22.9 Å². The van der Waals surface area contributed by atoms with Crippen LogP contribution in [0.4, 0.5) is 0 Å². The van der Waals surface area contributed by atoms with Crippen LogP contribution < -0.4 is 5.63 Å². The van der Waals surface area contributed by atoms with Crippen LogP contribution >= 0.6 is 11.8 Å². The molecule has 1 aliphatic carbocycles. The summed E-state index contributed by atoms with van der Waals surface area (Å²) in [5.74, 6) is 1.24. The molecule has 1 aliphatic rings. The van der Waals surface area contributed by atoms with Gasteiger partial charge in [-0.3, -0.25) is 0 Å². The van der Waals surface area contributed by atoms with Gasteiger partial charge in [0, 0.05) is 16.9 Å². The van der Waals surface area contributed by atoms with Crippen molar-refractivity contribution in [3.05, 3.63) is 81.2 Å². The van der Waals surface area contributed by atoms with Crippen molar-refractivity contribution in [2.45, 2.75) is 36.8 Å². The summed E-state index contributed by atoms with van der Waals surface area (Å²) in [6.45, 7) is 2.10. The molecule has 1 aromatic heterocycles. The standard InChI is InChI=1S/C22H20O3S/c1-2-14-8-9-16-10-11-17-19(23)21(22(24)25-20(17)18(16)12-14)26-13-15-6-4-3-5-7-15/h3-9,12,23H,2,10-11,13H2,1H3. The molecule has 0 spiro atoms. The minimum atomic E-state index is -0.461. The molecule has 4 heteroatoms. The number of rotatable bonds is 4. The van der Waals surface area contributed by atoms with Gasteiger partial charge in [0.2, 0.25) is 0 Å². The number of hydrogen-bond donors (Lipinski definition) is 1. The Morgan fingerprint density at radius 2 is 1.88 bits per heavy atom. The van der Waals surface area contributed by atoms with Gasteiger partial charge in [0.05, 0.1) is 0 Å². The molecule has 1 N–H and O–H groups in total. The van der Waals surface area contributed by atoms with Crippen LogP contribution in [-0.2, 0) is 25.0 Å². The molecule has 0 aliphatic heterocycles. The Balaban J connectivity index is 1.73. The van der Waals surface area contributed by atoms with Gasteiger partial charge in [-0.15, -0.1) is 11.8 Å². The van der Waals surface area contributed by atoms with Gasteiger partial charge in [-0.1, -0.05) is 49.4 Å². The van der Waals surface area contributed by atoms with Crippen molar-refractivity contribution >= 4 is 11.8 Å². The van der Waals surface area contributed by atoms with E-state index in [0.29, 0.717) is 22.8 Å². The van der Waals surface area contributed by atoms with Crippen molar-refractivity contribution < 1.29 is 9.52 Å². The predicted molar refractivity (Wildman–Crippen MR) is 105 cm³/mol. The molecule has 0 radical (unpaired) electrons. The summed E-state index contributed by atoms with van der Waals surface area (Å²) in [7, 11) is 0. The minimum absolute atomic E-state index is 0.0877. The van der Waals surface area contributed by atoms with Crippen LogP contribution in [0.3, 0.4) is 0 Å². The summed E-state index contributed by atoms with van der Waals surface area (Å²) in [6.07, 6.45) is 2.45. The fourth-order valence-corrected chi connectivity index (χ4v) is 4.30. The van der Waals surface area contributed by atoms with Gasteiger partial charge in [-0.05, 0) is 42.0 Å². The molecule has 0 saturated carbocycles. The molecule has 26 heavy (non-hydrogen) atoms. The van der Waals surface area contributed by atoms with E-state index in [0.717, 1.165) is 29.5 Å². The zero-order chi connectivity index (χ0) is 18.1. The van der Waals surface area contributed by atoms with Crippen LogP contribution in [-0.4, -0.2) is 5.11 Å². The largest absolute Gasteiger partial charge is 0.506 e. The third-order valence-corrected chi connectivity index (χ3v) is 5.98. The second-order valence-corrected chi connectivity index (χ2v) is 7.48. The van der Waals surface area contributed by atoms with E-state index in [-0.39, 0.29) is 5.75 Å². The van der Waals surface area contributed by atoms with Gasteiger partial charge in [0.25, 0.3) is 0 Å². The van der Waals surface area contributed by atoms with Crippen molar-refractivity contribution in [3.8, 4) is 17.1 Å². The van der Waals surface area contributed by atoms with E-state index >= 15 is 0 Å². The number of aromatic hydroxyl groups is 1. The lowest BCUT2D eigenvalue weighted by molar-refractivity contribution is 0.418. The first-order chi connectivity index (χ1) is 12.7. The maximum Gasteiger partial charge on any atom is 0.353 e. The summed E-state index contributed by atoms with van der Waals surface area (Å²) in [5.41, 5.74) is 4.70. The first kappa shape index (κ1) is 17.0. The fraction of sp³-hybridized carbons (Fsp3) is 0.227. The highest BCUT2D eigenvalue weighted by molar-refractivity contribution is 7.98. The highest BCUT2D eigenvalue weighted by Gasteiger charge is 2.26. The van der Waals surface area contributed by atoms with Crippen LogP contribution in [0.15, 0.2) is 62.6 Å². The predicted octanol–water partition coefficient (Wildman–Crippen LogP) is 4.97. The quantitative estimate of drug-likeness (QED) is 0.664. The van der Waals surface area contributed by atoms with E-state index in [9.17, 15) is 9.90 Å². The van der Waals surface area contributed by atoms with E-state index in [1.807, 2.05) is 30.3 Å². The van der Waals surface area contributed by atoms with Crippen LogP contribution in [0.1, 0.15) is 29.2 Å². The van der Waals surface area contributed by atoms with Crippen LogP contribution in [0.5, 0.6) is 5.75 Å². The number of benzene rings is 2. The Bertz CT molecular complexity index is 1010. The summed E-state index contributed by atoms with van der Waals surface area (Å²) in [6, 6.07) is 16.2. The maximum absolute atomic E-state index is 12.6.